The van der Waals surface area contributed by atoms with Gasteiger partial charge in [0, 0.05) is 19.3 Å². The van der Waals surface area contributed by atoms with Crippen molar-refractivity contribution in [2.24, 2.45) is 0 Å². The van der Waals surface area contributed by atoms with E-state index in [-0.39, 0.29) is 31.1 Å². The van der Waals surface area contributed by atoms with Crippen LogP contribution in [0.4, 0.5) is 0 Å². The fourth-order valence-electron chi connectivity index (χ4n) is 10.5. The first kappa shape index (κ1) is 73.9. The number of carbonyl (C=O) groups excluding carboxylic acids is 3. The third-order valence-electron chi connectivity index (χ3n) is 15.7. The monoisotopic (exact) mass is 1070 g/mol. The second-order valence-corrected chi connectivity index (χ2v) is 23.4. The Hall–Kier alpha value is -2.11. The minimum Gasteiger partial charge on any atom is -0.462 e. The van der Waals surface area contributed by atoms with Gasteiger partial charge in [-0.3, -0.25) is 14.4 Å². The molecule has 448 valence electrons. The summed E-state index contributed by atoms with van der Waals surface area (Å²) in [5.74, 6) is -0.872. The second-order valence-electron chi connectivity index (χ2n) is 23.4. The predicted octanol–water partition coefficient (Wildman–Crippen LogP) is 23.4. The van der Waals surface area contributed by atoms with Crippen molar-refractivity contribution in [3.05, 3.63) is 24.3 Å². The van der Waals surface area contributed by atoms with Gasteiger partial charge in [0.1, 0.15) is 13.2 Å². The molecule has 0 saturated heterocycles. The average Bonchev–Trinajstić information content (AvgIpc) is 3.42. The van der Waals surface area contributed by atoms with E-state index < -0.39 is 6.10 Å². The smallest absolute Gasteiger partial charge is 0.306 e. The summed E-state index contributed by atoms with van der Waals surface area (Å²) in [6.07, 6.45) is 79.6. The van der Waals surface area contributed by atoms with Crippen molar-refractivity contribution in [1.82, 2.24) is 0 Å². The van der Waals surface area contributed by atoms with Gasteiger partial charge in [0.2, 0.25) is 0 Å². The molecule has 0 radical (unpaired) electrons. The first-order chi connectivity index (χ1) is 37.5. The highest BCUT2D eigenvalue weighted by Crippen LogP contribution is 2.19. The average molecular weight is 1070 g/mol. The third kappa shape index (κ3) is 62.7. The van der Waals surface area contributed by atoms with E-state index in [0.29, 0.717) is 19.3 Å². The van der Waals surface area contributed by atoms with Crippen molar-refractivity contribution in [3.63, 3.8) is 0 Å². The summed E-state index contributed by atoms with van der Waals surface area (Å²) in [6, 6.07) is 0. The van der Waals surface area contributed by atoms with Crippen LogP contribution in [0.1, 0.15) is 387 Å². The van der Waals surface area contributed by atoms with Crippen molar-refractivity contribution < 1.29 is 28.6 Å². The standard InChI is InChI=1S/C70H132O6/c1-4-7-10-13-16-19-22-24-25-26-27-28-29-30-31-32-33-34-35-36-37-38-39-40-41-42-43-44-45-47-48-51-54-57-60-63-69(72)75-66-67(65-74-68(71)62-59-56-53-50-21-18-15-12-9-6-3)76-70(73)64-61-58-55-52-49-46-23-20-17-14-11-8-5-2/h12,15,20,23,67H,4-11,13-14,16-19,21-22,24-66H2,1-3H3/b15-12-,23-20-. The lowest BCUT2D eigenvalue weighted by Crippen LogP contribution is -2.30. The van der Waals surface area contributed by atoms with Crippen LogP contribution < -0.4 is 0 Å². The van der Waals surface area contributed by atoms with Crippen LogP contribution in [0.3, 0.4) is 0 Å². The summed E-state index contributed by atoms with van der Waals surface area (Å²) in [5.41, 5.74) is 0. The number of ether oxygens (including phenoxy) is 3. The molecule has 0 aliphatic carbocycles. The molecule has 0 N–H and O–H groups in total. The number of hydrogen-bond acceptors (Lipinski definition) is 6. The zero-order valence-corrected chi connectivity index (χ0v) is 51.6. The zero-order chi connectivity index (χ0) is 55.0. The summed E-state index contributed by atoms with van der Waals surface area (Å²) in [7, 11) is 0. The van der Waals surface area contributed by atoms with Crippen molar-refractivity contribution in [3.8, 4) is 0 Å². The van der Waals surface area contributed by atoms with Gasteiger partial charge in [0.25, 0.3) is 0 Å². The van der Waals surface area contributed by atoms with Gasteiger partial charge >= 0.3 is 17.9 Å². The molecule has 1 atom stereocenters. The van der Waals surface area contributed by atoms with E-state index in [2.05, 4.69) is 45.1 Å². The highest BCUT2D eigenvalue weighted by atomic mass is 16.6. The lowest BCUT2D eigenvalue weighted by molar-refractivity contribution is -0.167. The highest BCUT2D eigenvalue weighted by molar-refractivity contribution is 5.71. The molecule has 0 heterocycles. The van der Waals surface area contributed by atoms with Crippen LogP contribution in [0, 0.1) is 0 Å². The van der Waals surface area contributed by atoms with Gasteiger partial charge in [-0.2, -0.15) is 0 Å². The SMILES string of the molecule is CCC/C=C\CCCCCCCC(=O)OCC(COC(=O)CCCCCCCCCCCCCCCCCCCCCCCCCCCCCCCCCCCCC)OC(=O)CCCCCCC/C=C\CCCCCC. The number of allylic oxidation sites excluding steroid dienone is 4. The molecule has 76 heavy (non-hydrogen) atoms. The van der Waals surface area contributed by atoms with E-state index >= 15 is 0 Å². The van der Waals surface area contributed by atoms with Crippen LogP contribution in [-0.2, 0) is 28.6 Å². The molecule has 0 rings (SSSR count). The van der Waals surface area contributed by atoms with Gasteiger partial charge < -0.3 is 14.2 Å². The third-order valence-corrected chi connectivity index (χ3v) is 15.7. The number of rotatable bonds is 64. The van der Waals surface area contributed by atoms with Crippen LogP contribution in [0.5, 0.6) is 0 Å². The molecule has 0 saturated carbocycles. The van der Waals surface area contributed by atoms with Gasteiger partial charge in [0.05, 0.1) is 0 Å². The van der Waals surface area contributed by atoms with E-state index in [0.717, 1.165) is 77.0 Å². The van der Waals surface area contributed by atoms with E-state index in [4.69, 9.17) is 14.2 Å². The summed E-state index contributed by atoms with van der Waals surface area (Å²) in [5, 5.41) is 0. The molecule has 0 bridgehead atoms. The van der Waals surface area contributed by atoms with Crippen LogP contribution in [-0.4, -0.2) is 37.2 Å². The molecule has 0 aromatic rings. The van der Waals surface area contributed by atoms with E-state index in [1.807, 2.05) is 0 Å². The quantitative estimate of drug-likeness (QED) is 0.0261. The van der Waals surface area contributed by atoms with E-state index in [1.165, 1.54) is 270 Å². The lowest BCUT2D eigenvalue weighted by atomic mass is 10.0. The Kier molecular flexibility index (Phi) is 63.6. The zero-order valence-electron chi connectivity index (χ0n) is 51.6. The normalized spacial score (nSPS) is 12.1. The molecule has 0 spiro atoms. The number of hydrogen-bond donors (Lipinski definition) is 0. The Morgan fingerprint density at radius 2 is 0.461 bits per heavy atom. The molecule has 0 amide bonds. The minimum atomic E-state index is -0.775. The fourth-order valence-corrected chi connectivity index (χ4v) is 10.5. The van der Waals surface area contributed by atoms with Crippen molar-refractivity contribution >= 4 is 17.9 Å². The number of unbranched alkanes of at least 4 members (excludes halogenated alkanes) is 49. The van der Waals surface area contributed by atoms with Gasteiger partial charge in [-0.25, -0.2) is 0 Å². The van der Waals surface area contributed by atoms with Crippen LogP contribution in [0.15, 0.2) is 24.3 Å². The fraction of sp³-hybridized carbons (Fsp3) is 0.900. The number of carbonyl (C=O) groups is 3. The van der Waals surface area contributed by atoms with Crippen molar-refractivity contribution in [1.29, 1.82) is 0 Å². The van der Waals surface area contributed by atoms with Gasteiger partial charge in [-0.1, -0.05) is 328 Å². The van der Waals surface area contributed by atoms with Gasteiger partial charge in [-0.05, 0) is 64.2 Å². The molecule has 0 fully saturated rings. The molecule has 0 aromatic heterocycles. The molecule has 0 aromatic carbocycles. The molecule has 0 aliphatic heterocycles. The van der Waals surface area contributed by atoms with Gasteiger partial charge in [0.15, 0.2) is 6.10 Å². The Bertz CT molecular complexity index is 1230. The maximum Gasteiger partial charge on any atom is 0.306 e. The largest absolute Gasteiger partial charge is 0.462 e. The molecule has 0 aliphatic rings. The van der Waals surface area contributed by atoms with Crippen LogP contribution >= 0.6 is 0 Å². The predicted molar refractivity (Wildman–Crippen MR) is 330 cm³/mol. The summed E-state index contributed by atoms with van der Waals surface area (Å²) < 4.78 is 16.9. The summed E-state index contributed by atoms with van der Waals surface area (Å²) in [4.78, 5) is 38.1. The minimum absolute atomic E-state index is 0.0731. The van der Waals surface area contributed by atoms with Gasteiger partial charge in [-0.15, -0.1) is 0 Å². The summed E-state index contributed by atoms with van der Waals surface area (Å²) in [6.45, 7) is 6.61. The van der Waals surface area contributed by atoms with Crippen LogP contribution in [0.25, 0.3) is 0 Å². The maximum absolute atomic E-state index is 12.8. The lowest BCUT2D eigenvalue weighted by Gasteiger charge is -2.18. The Labute approximate surface area is 474 Å². The van der Waals surface area contributed by atoms with Crippen molar-refractivity contribution in [2.45, 2.75) is 393 Å². The van der Waals surface area contributed by atoms with Crippen LogP contribution in [0.2, 0.25) is 0 Å². The molecule has 6 heteroatoms. The molecule has 6 nitrogen and oxygen atoms in total. The Morgan fingerprint density at radius 3 is 0.724 bits per heavy atom. The maximum atomic E-state index is 12.8. The summed E-state index contributed by atoms with van der Waals surface area (Å²) >= 11 is 0. The molecular formula is C70H132O6. The first-order valence-corrected chi connectivity index (χ1v) is 34.3. The molecular weight excluding hydrogens is 937 g/mol. The number of esters is 3. The van der Waals surface area contributed by atoms with E-state index in [1.54, 1.807) is 0 Å². The second kappa shape index (κ2) is 65.4. The van der Waals surface area contributed by atoms with E-state index in [9.17, 15) is 14.4 Å². The Balaban J connectivity index is 3.93. The Morgan fingerprint density at radius 1 is 0.250 bits per heavy atom. The van der Waals surface area contributed by atoms with Crippen molar-refractivity contribution in [2.75, 3.05) is 13.2 Å². The molecule has 1 unspecified atom stereocenters. The first-order valence-electron chi connectivity index (χ1n) is 34.3. The highest BCUT2D eigenvalue weighted by Gasteiger charge is 2.19. The topological polar surface area (TPSA) is 78.9 Å².